The Morgan fingerprint density at radius 2 is 2.04 bits per heavy atom. The quantitative estimate of drug-likeness (QED) is 0.734. The zero-order valence-corrected chi connectivity index (χ0v) is 15.2. The lowest BCUT2D eigenvalue weighted by Crippen LogP contribution is -2.35. The van der Waals surface area contributed by atoms with Crippen LogP contribution in [0.1, 0.15) is 22.5 Å². The van der Waals surface area contributed by atoms with Crippen LogP contribution in [0.3, 0.4) is 0 Å². The Labute approximate surface area is 160 Å². The highest BCUT2D eigenvalue weighted by Crippen LogP contribution is 2.39. The molecule has 3 aromatic rings. The van der Waals surface area contributed by atoms with Crippen LogP contribution in [0.5, 0.6) is 0 Å². The molecule has 0 saturated heterocycles. The molecule has 0 radical (unpaired) electrons. The highest BCUT2D eigenvalue weighted by atomic mass is 32.2. The second kappa shape index (κ2) is 7.67. The van der Waals surface area contributed by atoms with Crippen LogP contribution in [0.15, 0.2) is 75.3 Å². The van der Waals surface area contributed by atoms with E-state index >= 15 is 0 Å². The highest BCUT2D eigenvalue weighted by Gasteiger charge is 2.27. The smallest absolute Gasteiger partial charge is 0.259 e. The van der Waals surface area contributed by atoms with Gasteiger partial charge in [-0.2, -0.15) is 0 Å². The van der Waals surface area contributed by atoms with Gasteiger partial charge in [0, 0.05) is 24.1 Å². The predicted octanol–water partition coefficient (Wildman–Crippen LogP) is 3.49. The molecule has 1 aliphatic heterocycles. The molecule has 0 unspecified atom stereocenters. The molecular weight excluding hydrogens is 362 g/mol. The Hall–Kier alpha value is -3.06. The number of benzene rings is 1. The molecule has 0 spiro atoms. The van der Waals surface area contributed by atoms with Crippen molar-refractivity contribution in [3.8, 4) is 0 Å². The lowest BCUT2D eigenvalue weighted by Gasteiger charge is -2.22. The van der Waals surface area contributed by atoms with Crippen molar-refractivity contribution in [2.24, 2.45) is 0 Å². The predicted molar refractivity (Wildman–Crippen MR) is 102 cm³/mol. The van der Waals surface area contributed by atoms with Crippen molar-refractivity contribution in [2.45, 2.75) is 22.9 Å². The van der Waals surface area contributed by atoms with E-state index in [1.165, 1.54) is 11.8 Å². The standard InChI is InChI=1S/C20H17N3O3S/c24-18(22-13-14-5-4-12-26-14)9-11-23-16-7-3-10-21-19(16)27-17-8-2-1-6-15(17)20(23)25/h1-8,10,12H,9,11,13H2,(H,22,24). The van der Waals surface area contributed by atoms with Gasteiger partial charge in [0.05, 0.1) is 24.1 Å². The van der Waals surface area contributed by atoms with Gasteiger partial charge in [-0.15, -0.1) is 0 Å². The average Bonchev–Trinajstić information content (AvgIpc) is 3.17. The number of furan rings is 1. The molecule has 0 saturated carbocycles. The summed E-state index contributed by atoms with van der Waals surface area (Å²) in [7, 11) is 0. The van der Waals surface area contributed by atoms with Crippen molar-refractivity contribution in [3.05, 3.63) is 72.3 Å². The molecule has 0 fully saturated rings. The number of rotatable bonds is 5. The molecule has 2 amide bonds. The van der Waals surface area contributed by atoms with Gasteiger partial charge in [-0.05, 0) is 36.4 Å². The molecule has 2 aromatic heterocycles. The number of hydrogen-bond acceptors (Lipinski definition) is 5. The van der Waals surface area contributed by atoms with Crippen LogP contribution in [0.4, 0.5) is 5.69 Å². The number of nitrogens with one attached hydrogen (secondary N) is 1. The first-order valence-electron chi connectivity index (χ1n) is 8.55. The molecule has 6 nitrogen and oxygen atoms in total. The van der Waals surface area contributed by atoms with Crippen LogP contribution < -0.4 is 10.2 Å². The van der Waals surface area contributed by atoms with Gasteiger partial charge in [0.2, 0.25) is 5.91 Å². The number of carbonyl (C=O) groups excluding carboxylic acids is 2. The molecule has 3 heterocycles. The van der Waals surface area contributed by atoms with E-state index in [4.69, 9.17) is 4.42 Å². The minimum Gasteiger partial charge on any atom is -0.467 e. The van der Waals surface area contributed by atoms with Gasteiger partial charge < -0.3 is 14.6 Å². The molecule has 136 valence electrons. The zero-order chi connectivity index (χ0) is 18.6. The lowest BCUT2D eigenvalue weighted by atomic mass is 10.1. The molecule has 0 aliphatic carbocycles. The van der Waals surface area contributed by atoms with Crippen LogP contribution in [0, 0.1) is 0 Å². The third kappa shape index (κ3) is 3.73. The summed E-state index contributed by atoms with van der Waals surface area (Å²) in [5.41, 5.74) is 1.35. The van der Waals surface area contributed by atoms with Gasteiger partial charge >= 0.3 is 0 Å². The second-order valence-corrected chi connectivity index (χ2v) is 7.02. The Bertz CT molecular complexity index is 972. The first kappa shape index (κ1) is 17.4. The van der Waals surface area contributed by atoms with Crippen molar-refractivity contribution in [1.29, 1.82) is 0 Å². The van der Waals surface area contributed by atoms with Crippen LogP contribution in [0.2, 0.25) is 0 Å². The number of nitrogens with zero attached hydrogens (tertiary/aromatic N) is 2. The van der Waals surface area contributed by atoms with Crippen molar-refractivity contribution in [3.63, 3.8) is 0 Å². The van der Waals surface area contributed by atoms with Crippen molar-refractivity contribution >= 4 is 29.3 Å². The SMILES string of the molecule is O=C(CCN1C(=O)c2ccccc2Sc2ncccc21)NCc1ccco1. The monoisotopic (exact) mass is 379 g/mol. The van der Waals surface area contributed by atoms with Gasteiger partial charge in [0.15, 0.2) is 0 Å². The van der Waals surface area contributed by atoms with E-state index in [2.05, 4.69) is 10.3 Å². The van der Waals surface area contributed by atoms with E-state index in [1.54, 1.807) is 41.6 Å². The van der Waals surface area contributed by atoms with E-state index in [1.807, 2.05) is 24.3 Å². The first-order chi connectivity index (χ1) is 13.2. The summed E-state index contributed by atoms with van der Waals surface area (Å²) in [6.45, 7) is 0.604. The Kier molecular flexibility index (Phi) is 4.93. The normalized spacial score (nSPS) is 12.9. The number of amides is 2. The number of fused-ring (bicyclic) bond motifs is 2. The summed E-state index contributed by atoms with van der Waals surface area (Å²) in [4.78, 5) is 32.2. The van der Waals surface area contributed by atoms with Gasteiger partial charge in [0.1, 0.15) is 10.8 Å². The van der Waals surface area contributed by atoms with E-state index in [9.17, 15) is 9.59 Å². The summed E-state index contributed by atoms with van der Waals surface area (Å²) in [5.74, 6) is 0.424. The van der Waals surface area contributed by atoms with Crippen LogP contribution in [-0.2, 0) is 11.3 Å². The fourth-order valence-corrected chi connectivity index (χ4v) is 3.90. The molecule has 1 aromatic carbocycles. The summed E-state index contributed by atoms with van der Waals surface area (Å²) in [6.07, 6.45) is 3.46. The fraction of sp³-hybridized carbons (Fsp3) is 0.150. The minimum atomic E-state index is -0.144. The largest absolute Gasteiger partial charge is 0.467 e. The molecule has 0 atom stereocenters. The second-order valence-electron chi connectivity index (χ2n) is 5.99. The van der Waals surface area contributed by atoms with E-state index in [-0.39, 0.29) is 24.8 Å². The maximum atomic E-state index is 13.1. The van der Waals surface area contributed by atoms with Crippen LogP contribution in [-0.4, -0.2) is 23.3 Å². The first-order valence-corrected chi connectivity index (χ1v) is 9.37. The summed E-state index contributed by atoms with van der Waals surface area (Å²) >= 11 is 1.47. The maximum absolute atomic E-state index is 13.1. The highest BCUT2D eigenvalue weighted by molar-refractivity contribution is 7.99. The summed E-state index contributed by atoms with van der Waals surface area (Å²) in [5, 5.41) is 3.56. The number of aromatic nitrogens is 1. The molecule has 1 aliphatic rings. The molecule has 27 heavy (non-hydrogen) atoms. The minimum absolute atomic E-state index is 0.122. The number of anilines is 1. The maximum Gasteiger partial charge on any atom is 0.259 e. The molecule has 7 heteroatoms. The number of pyridine rings is 1. The summed E-state index contributed by atoms with van der Waals surface area (Å²) < 4.78 is 5.21. The van der Waals surface area contributed by atoms with E-state index in [0.29, 0.717) is 17.9 Å². The van der Waals surface area contributed by atoms with Crippen molar-refractivity contribution in [1.82, 2.24) is 10.3 Å². The average molecular weight is 379 g/mol. The molecule has 1 N–H and O–H groups in total. The number of hydrogen-bond donors (Lipinski definition) is 1. The Balaban J connectivity index is 1.52. The van der Waals surface area contributed by atoms with Gasteiger partial charge in [-0.1, -0.05) is 23.9 Å². The third-order valence-electron chi connectivity index (χ3n) is 4.21. The Morgan fingerprint density at radius 1 is 1.15 bits per heavy atom. The van der Waals surface area contributed by atoms with Gasteiger partial charge in [-0.25, -0.2) is 4.98 Å². The third-order valence-corrected chi connectivity index (χ3v) is 5.30. The van der Waals surface area contributed by atoms with Crippen molar-refractivity contribution in [2.75, 3.05) is 11.4 Å². The zero-order valence-electron chi connectivity index (χ0n) is 14.4. The topological polar surface area (TPSA) is 75.4 Å². The van der Waals surface area contributed by atoms with E-state index < -0.39 is 0 Å². The molecular formula is C20H17N3O3S. The molecule has 4 rings (SSSR count). The fourth-order valence-electron chi connectivity index (χ4n) is 2.88. The van der Waals surface area contributed by atoms with E-state index in [0.717, 1.165) is 15.6 Å². The summed E-state index contributed by atoms with van der Waals surface area (Å²) in [6, 6.07) is 14.7. The van der Waals surface area contributed by atoms with Gasteiger partial charge in [0.25, 0.3) is 5.91 Å². The van der Waals surface area contributed by atoms with Crippen LogP contribution in [0.25, 0.3) is 0 Å². The van der Waals surface area contributed by atoms with Crippen molar-refractivity contribution < 1.29 is 14.0 Å². The Morgan fingerprint density at radius 3 is 2.89 bits per heavy atom. The molecule has 0 bridgehead atoms. The lowest BCUT2D eigenvalue weighted by molar-refractivity contribution is -0.121. The van der Waals surface area contributed by atoms with Crippen LogP contribution >= 0.6 is 11.8 Å². The number of carbonyl (C=O) groups is 2. The van der Waals surface area contributed by atoms with Gasteiger partial charge in [-0.3, -0.25) is 9.59 Å².